The molecule has 2 saturated heterocycles. The zero-order valence-electron chi connectivity index (χ0n) is 16.1. The van der Waals surface area contributed by atoms with Crippen molar-refractivity contribution in [2.45, 2.75) is 31.3 Å². The number of anilines is 2. The van der Waals surface area contributed by atoms with E-state index in [1.54, 1.807) is 0 Å². The number of aliphatic hydroxyl groups excluding tert-OH is 1. The molecule has 1 atom stereocenters. The predicted octanol–water partition coefficient (Wildman–Crippen LogP) is 0.964. The van der Waals surface area contributed by atoms with Gasteiger partial charge in [-0.2, -0.15) is 4.98 Å². The van der Waals surface area contributed by atoms with Crippen LogP contribution in [0.2, 0.25) is 0 Å². The molecule has 8 nitrogen and oxygen atoms in total. The summed E-state index contributed by atoms with van der Waals surface area (Å²) >= 11 is 0. The number of β-amino-alcohol motifs (C(OH)–C–C–N with tert-alkyl or cyclic N) is 1. The third-order valence-electron chi connectivity index (χ3n) is 5.42. The SMILES string of the molecule is CN(CCCc1nccn1C)c1cc([C@H]2CCOC2)nc(N2CC(O)C2)n1. The molecule has 0 radical (unpaired) electrons. The predicted molar refractivity (Wildman–Crippen MR) is 103 cm³/mol. The van der Waals surface area contributed by atoms with Crippen LogP contribution in [0.25, 0.3) is 0 Å². The summed E-state index contributed by atoms with van der Waals surface area (Å²) in [7, 11) is 4.10. The van der Waals surface area contributed by atoms with Crippen molar-refractivity contribution in [1.82, 2.24) is 19.5 Å². The van der Waals surface area contributed by atoms with E-state index in [2.05, 4.69) is 27.6 Å². The highest BCUT2D eigenvalue weighted by molar-refractivity contribution is 5.47. The molecule has 2 aromatic rings. The Morgan fingerprint density at radius 1 is 1.33 bits per heavy atom. The van der Waals surface area contributed by atoms with Gasteiger partial charge in [-0.25, -0.2) is 9.97 Å². The number of rotatable bonds is 7. The molecule has 0 amide bonds. The molecule has 0 saturated carbocycles. The lowest BCUT2D eigenvalue weighted by atomic mass is 10.0. The van der Waals surface area contributed by atoms with Crippen molar-refractivity contribution < 1.29 is 9.84 Å². The molecule has 4 heterocycles. The van der Waals surface area contributed by atoms with Crippen LogP contribution in [0, 0.1) is 0 Å². The smallest absolute Gasteiger partial charge is 0.227 e. The first-order chi connectivity index (χ1) is 13.1. The Balaban J connectivity index is 1.46. The monoisotopic (exact) mass is 372 g/mol. The van der Waals surface area contributed by atoms with E-state index in [9.17, 15) is 5.11 Å². The Morgan fingerprint density at radius 3 is 2.85 bits per heavy atom. The normalized spacial score (nSPS) is 20.1. The average Bonchev–Trinajstić information content (AvgIpc) is 3.31. The summed E-state index contributed by atoms with van der Waals surface area (Å²) in [5.74, 6) is 3.08. The van der Waals surface area contributed by atoms with Crippen LogP contribution in [0.15, 0.2) is 18.5 Å². The number of hydrogen-bond acceptors (Lipinski definition) is 7. The number of ether oxygens (including phenoxy) is 1. The van der Waals surface area contributed by atoms with Gasteiger partial charge in [0.1, 0.15) is 11.6 Å². The zero-order chi connectivity index (χ0) is 18.8. The van der Waals surface area contributed by atoms with Crippen molar-refractivity contribution in [2.24, 2.45) is 7.05 Å². The summed E-state index contributed by atoms with van der Waals surface area (Å²) in [5, 5.41) is 9.63. The number of aryl methyl sites for hydroxylation is 2. The van der Waals surface area contributed by atoms with Crippen LogP contribution in [-0.2, 0) is 18.2 Å². The molecule has 4 rings (SSSR count). The molecule has 0 spiro atoms. The third kappa shape index (κ3) is 4.06. The lowest BCUT2D eigenvalue weighted by molar-refractivity contribution is 0.140. The van der Waals surface area contributed by atoms with Crippen LogP contribution >= 0.6 is 0 Å². The number of imidazole rings is 1. The molecule has 0 unspecified atom stereocenters. The summed E-state index contributed by atoms with van der Waals surface area (Å²) in [6, 6.07) is 2.10. The molecule has 0 aromatic carbocycles. The quantitative estimate of drug-likeness (QED) is 0.775. The second-order valence-electron chi connectivity index (χ2n) is 7.55. The highest BCUT2D eigenvalue weighted by atomic mass is 16.5. The number of nitrogens with zero attached hydrogens (tertiary/aromatic N) is 6. The first kappa shape index (κ1) is 18.2. The Kier molecular flexibility index (Phi) is 5.27. The van der Waals surface area contributed by atoms with Gasteiger partial charge in [-0.05, 0) is 12.8 Å². The van der Waals surface area contributed by atoms with E-state index in [0.29, 0.717) is 19.0 Å². The van der Waals surface area contributed by atoms with Gasteiger partial charge in [0.2, 0.25) is 5.95 Å². The molecule has 8 heteroatoms. The van der Waals surface area contributed by atoms with Crippen LogP contribution in [0.1, 0.15) is 30.3 Å². The molecule has 2 fully saturated rings. The fraction of sp³-hybridized carbons (Fsp3) is 0.632. The van der Waals surface area contributed by atoms with Crippen LogP contribution < -0.4 is 9.80 Å². The minimum Gasteiger partial charge on any atom is -0.389 e. The Morgan fingerprint density at radius 2 is 2.19 bits per heavy atom. The molecule has 146 valence electrons. The van der Waals surface area contributed by atoms with E-state index in [1.807, 2.05) is 24.3 Å². The van der Waals surface area contributed by atoms with Gasteiger partial charge in [0.25, 0.3) is 0 Å². The van der Waals surface area contributed by atoms with Gasteiger partial charge in [0.05, 0.1) is 18.4 Å². The van der Waals surface area contributed by atoms with Crippen LogP contribution in [0.4, 0.5) is 11.8 Å². The zero-order valence-corrected chi connectivity index (χ0v) is 16.1. The summed E-state index contributed by atoms with van der Waals surface area (Å²) in [4.78, 5) is 18.1. The molecule has 0 aliphatic carbocycles. The Hall–Kier alpha value is -2.19. The van der Waals surface area contributed by atoms with Crippen molar-refractivity contribution in [3.63, 3.8) is 0 Å². The van der Waals surface area contributed by atoms with Gasteiger partial charge >= 0.3 is 0 Å². The Bertz CT molecular complexity index is 767. The highest BCUT2D eigenvalue weighted by Crippen LogP contribution is 2.29. The van der Waals surface area contributed by atoms with Gasteiger partial charge in [-0.1, -0.05) is 0 Å². The second-order valence-corrected chi connectivity index (χ2v) is 7.55. The molecular formula is C19H28N6O2. The minimum atomic E-state index is -0.272. The van der Waals surface area contributed by atoms with Gasteiger partial charge < -0.3 is 24.2 Å². The van der Waals surface area contributed by atoms with Crippen molar-refractivity contribution in [3.8, 4) is 0 Å². The first-order valence-corrected chi connectivity index (χ1v) is 9.67. The van der Waals surface area contributed by atoms with Crippen LogP contribution in [-0.4, -0.2) is 70.6 Å². The minimum absolute atomic E-state index is 0.272. The fourth-order valence-corrected chi connectivity index (χ4v) is 3.60. The van der Waals surface area contributed by atoms with E-state index in [0.717, 1.165) is 62.3 Å². The lowest BCUT2D eigenvalue weighted by Gasteiger charge is -2.36. The van der Waals surface area contributed by atoms with Gasteiger partial charge in [-0.3, -0.25) is 0 Å². The largest absolute Gasteiger partial charge is 0.389 e. The number of aliphatic hydroxyl groups is 1. The molecule has 27 heavy (non-hydrogen) atoms. The lowest BCUT2D eigenvalue weighted by Crippen LogP contribution is -2.51. The van der Waals surface area contributed by atoms with E-state index in [-0.39, 0.29) is 6.10 Å². The van der Waals surface area contributed by atoms with Crippen molar-refractivity contribution >= 4 is 11.8 Å². The molecule has 2 aliphatic heterocycles. The average molecular weight is 372 g/mol. The van der Waals surface area contributed by atoms with Crippen molar-refractivity contribution in [3.05, 3.63) is 30.0 Å². The second kappa shape index (κ2) is 7.82. The molecular weight excluding hydrogens is 344 g/mol. The van der Waals surface area contributed by atoms with Gasteiger partial charge in [-0.15, -0.1) is 0 Å². The first-order valence-electron chi connectivity index (χ1n) is 9.67. The van der Waals surface area contributed by atoms with Crippen molar-refractivity contribution in [1.29, 1.82) is 0 Å². The maximum atomic E-state index is 9.63. The summed E-state index contributed by atoms with van der Waals surface area (Å²) < 4.78 is 7.62. The highest BCUT2D eigenvalue weighted by Gasteiger charge is 2.29. The topological polar surface area (TPSA) is 79.5 Å². The molecule has 2 aliphatic rings. The standard InChI is InChI=1S/C19H28N6O2/c1-23(7-3-4-17-20-6-8-24(17)2)18-10-16(14-5-9-27-13-14)21-19(22-18)25-11-15(26)12-25/h6,8,10,14-15,26H,3-5,7,9,11-13H2,1-2H3/t14-/m0/s1. The summed E-state index contributed by atoms with van der Waals surface area (Å²) in [5.41, 5.74) is 1.05. The van der Waals surface area contributed by atoms with E-state index < -0.39 is 0 Å². The van der Waals surface area contributed by atoms with Crippen molar-refractivity contribution in [2.75, 3.05) is 49.7 Å². The van der Waals surface area contributed by atoms with Gasteiger partial charge in [0, 0.05) is 71.1 Å². The third-order valence-corrected chi connectivity index (χ3v) is 5.42. The maximum absolute atomic E-state index is 9.63. The van der Waals surface area contributed by atoms with E-state index >= 15 is 0 Å². The van der Waals surface area contributed by atoms with E-state index in [4.69, 9.17) is 14.7 Å². The van der Waals surface area contributed by atoms with Crippen LogP contribution in [0.5, 0.6) is 0 Å². The molecule has 0 bridgehead atoms. The number of aromatic nitrogens is 4. The maximum Gasteiger partial charge on any atom is 0.227 e. The number of hydrogen-bond donors (Lipinski definition) is 1. The van der Waals surface area contributed by atoms with Crippen LogP contribution in [0.3, 0.4) is 0 Å². The summed E-state index contributed by atoms with van der Waals surface area (Å²) in [6.45, 7) is 3.62. The van der Waals surface area contributed by atoms with Gasteiger partial charge in [0.15, 0.2) is 0 Å². The fourth-order valence-electron chi connectivity index (χ4n) is 3.60. The Labute approximate surface area is 159 Å². The summed E-state index contributed by atoms with van der Waals surface area (Å²) in [6.07, 6.45) is 6.49. The molecule has 2 aromatic heterocycles. The van der Waals surface area contributed by atoms with E-state index in [1.165, 1.54) is 0 Å². The molecule has 1 N–H and O–H groups in total.